The van der Waals surface area contributed by atoms with Crippen molar-refractivity contribution in [2.45, 2.75) is 18.9 Å². The third-order valence-corrected chi connectivity index (χ3v) is 2.04. The Kier molecular flexibility index (Phi) is 7.23. The van der Waals surface area contributed by atoms with E-state index >= 15 is 0 Å². The molecule has 0 saturated heterocycles. The summed E-state index contributed by atoms with van der Waals surface area (Å²) in [5, 5.41) is 29.6. The van der Waals surface area contributed by atoms with Crippen LogP contribution in [0.25, 0.3) is 0 Å². The Labute approximate surface area is 88.9 Å². The minimum atomic E-state index is -1.13. The minimum Gasteiger partial charge on any atom is -0.466 e. The van der Waals surface area contributed by atoms with Gasteiger partial charge in [-0.05, 0) is 6.92 Å². The quantitative estimate of drug-likeness (QED) is 0.363. The van der Waals surface area contributed by atoms with Crippen LogP contribution in [-0.2, 0) is 9.53 Å². The van der Waals surface area contributed by atoms with Gasteiger partial charge in [-0.25, -0.2) is 0 Å². The van der Waals surface area contributed by atoms with Crippen molar-refractivity contribution in [3.05, 3.63) is 0 Å². The van der Waals surface area contributed by atoms with Gasteiger partial charge in [-0.15, -0.1) is 0 Å². The lowest BCUT2D eigenvalue weighted by Crippen LogP contribution is -2.55. The van der Waals surface area contributed by atoms with Gasteiger partial charge in [0.15, 0.2) is 0 Å². The van der Waals surface area contributed by atoms with Gasteiger partial charge in [0, 0.05) is 6.54 Å². The zero-order valence-electron chi connectivity index (χ0n) is 8.90. The van der Waals surface area contributed by atoms with Crippen molar-refractivity contribution in [2.75, 3.05) is 33.0 Å². The fourth-order valence-electron chi connectivity index (χ4n) is 0.981. The molecule has 0 atom stereocenters. The maximum atomic E-state index is 10.9. The van der Waals surface area contributed by atoms with E-state index in [1.54, 1.807) is 6.92 Å². The highest BCUT2D eigenvalue weighted by Gasteiger charge is 2.27. The zero-order chi connectivity index (χ0) is 11.7. The molecule has 0 heterocycles. The molecule has 0 spiro atoms. The summed E-state index contributed by atoms with van der Waals surface area (Å²) < 4.78 is 4.69. The number of aliphatic hydroxyl groups excluding tert-OH is 3. The van der Waals surface area contributed by atoms with Gasteiger partial charge >= 0.3 is 5.97 Å². The highest BCUT2D eigenvalue weighted by molar-refractivity contribution is 5.69. The first-order valence-electron chi connectivity index (χ1n) is 4.87. The van der Waals surface area contributed by atoms with Crippen LogP contribution >= 0.6 is 0 Å². The Morgan fingerprint density at radius 2 is 1.80 bits per heavy atom. The summed E-state index contributed by atoms with van der Waals surface area (Å²) in [6.45, 7) is 1.07. The largest absolute Gasteiger partial charge is 0.466 e. The molecule has 6 heteroatoms. The van der Waals surface area contributed by atoms with Gasteiger partial charge in [0.25, 0.3) is 0 Å². The first-order chi connectivity index (χ1) is 7.14. The van der Waals surface area contributed by atoms with Crippen LogP contribution in [-0.4, -0.2) is 59.8 Å². The molecule has 0 rings (SSSR count). The number of nitrogens with one attached hydrogen (secondary N) is 1. The number of ether oxygens (including phenoxy) is 1. The lowest BCUT2D eigenvalue weighted by Gasteiger charge is -2.28. The molecule has 90 valence electrons. The maximum absolute atomic E-state index is 10.9. The molecule has 15 heavy (non-hydrogen) atoms. The van der Waals surface area contributed by atoms with Crippen molar-refractivity contribution in [3.63, 3.8) is 0 Å². The summed E-state index contributed by atoms with van der Waals surface area (Å²) in [6.07, 6.45) is 0.135. The van der Waals surface area contributed by atoms with Crippen LogP contribution < -0.4 is 5.32 Å². The first kappa shape index (κ1) is 14.3. The van der Waals surface area contributed by atoms with E-state index in [1.165, 1.54) is 0 Å². The molecular weight excluding hydrogens is 202 g/mol. The Bertz CT molecular complexity index is 173. The molecule has 0 aliphatic rings. The van der Waals surface area contributed by atoms with Gasteiger partial charge in [-0.2, -0.15) is 0 Å². The summed E-state index contributed by atoms with van der Waals surface area (Å²) >= 11 is 0. The van der Waals surface area contributed by atoms with Gasteiger partial charge in [0.2, 0.25) is 0 Å². The molecule has 0 fully saturated rings. The highest BCUT2D eigenvalue weighted by atomic mass is 16.5. The molecule has 0 aliphatic carbocycles. The molecule has 0 aromatic carbocycles. The van der Waals surface area contributed by atoms with E-state index in [0.717, 1.165) is 0 Å². The SMILES string of the molecule is CCOC(=O)CCNC(CO)(CO)CO. The van der Waals surface area contributed by atoms with Crippen molar-refractivity contribution in [2.24, 2.45) is 0 Å². The van der Waals surface area contributed by atoms with Gasteiger partial charge < -0.3 is 25.4 Å². The number of carbonyl (C=O) groups is 1. The van der Waals surface area contributed by atoms with Crippen LogP contribution in [0.15, 0.2) is 0 Å². The molecule has 0 radical (unpaired) electrons. The lowest BCUT2D eigenvalue weighted by atomic mass is 10.0. The Balaban J connectivity index is 3.85. The van der Waals surface area contributed by atoms with Gasteiger partial charge in [-0.3, -0.25) is 4.79 Å². The van der Waals surface area contributed by atoms with Crippen LogP contribution in [0.3, 0.4) is 0 Å². The predicted molar refractivity (Wildman–Crippen MR) is 53.2 cm³/mol. The van der Waals surface area contributed by atoms with Gasteiger partial charge in [-0.1, -0.05) is 0 Å². The van der Waals surface area contributed by atoms with Crippen molar-refractivity contribution in [1.82, 2.24) is 5.32 Å². The lowest BCUT2D eigenvalue weighted by molar-refractivity contribution is -0.143. The summed E-state index contributed by atoms with van der Waals surface area (Å²) in [5.74, 6) is -0.354. The molecule has 0 aromatic rings. The van der Waals surface area contributed by atoms with E-state index in [2.05, 4.69) is 5.32 Å². The molecule has 0 saturated carbocycles. The third kappa shape index (κ3) is 5.08. The molecule has 0 amide bonds. The number of rotatable bonds is 8. The van der Waals surface area contributed by atoms with Crippen LogP contribution in [0.5, 0.6) is 0 Å². The van der Waals surface area contributed by atoms with E-state index in [0.29, 0.717) is 6.61 Å². The van der Waals surface area contributed by atoms with Crippen molar-refractivity contribution in [3.8, 4) is 0 Å². The monoisotopic (exact) mass is 221 g/mol. The Morgan fingerprint density at radius 1 is 1.27 bits per heavy atom. The average Bonchev–Trinajstić information content (AvgIpc) is 2.25. The van der Waals surface area contributed by atoms with Crippen LogP contribution in [0.2, 0.25) is 0 Å². The minimum absolute atomic E-state index is 0.135. The van der Waals surface area contributed by atoms with Crippen molar-refractivity contribution in [1.29, 1.82) is 0 Å². The second-order valence-corrected chi connectivity index (χ2v) is 3.24. The number of esters is 1. The third-order valence-electron chi connectivity index (χ3n) is 2.04. The van der Waals surface area contributed by atoms with Crippen LogP contribution in [0, 0.1) is 0 Å². The maximum Gasteiger partial charge on any atom is 0.307 e. The van der Waals surface area contributed by atoms with Crippen molar-refractivity contribution >= 4 is 5.97 Å². The van der Waals surface area contributed by atoms with Gasteiger partial charge in [0.05, 0.1) is 38.4 Å². The van der Waals surface area contributed by atoms with Crippen molar-refractivity contribution < 1.29 is 24.9 Å². The average molecular weight is 221 g/mol. The number of hydrogen-bond donors (Lipinski definition) is 4. The topological polar surface area (TPSA) is 99.0 Å². The van der Waals surface area contributed by atoms with E-state index in [1.807, 2.05) is 0 Å². The van der Waals surface area contributed by atoms with E-state index in [-0.39, 0.29) is 18.9 Å². The van der Waals surface area contributed by atoms with Crippen LogP contribution in [0.1, 0.15) is 13.3 Å². The van der Waals surface area contributed by atoms with E-state index in [4.69, 9.17) is 20.1 Å². The smallest absolute Gasteiger partial charge is 0.307 e. The second kappa shape index (κ2) is 7.58. The summed E-state index contributed by atoms with van der Waals surface area (Å²) in [4.78, 5) is 10.9. The van der Waals surface area contributed by atoms with Gasteiger partial charge in [0.1, 0.15) is 0 Å². The van der Waals surface area contributed by atoms with Crippen LogP contribution in [0.4, 0.5) is 0 Å². The Morgan fingerprint density at radius 3 is 2.20 bits per heavy atom. The fraction of sp³-hybridized carbons (Fsp3) is 0.889. The predicted octanol–water partition coefficient (Wildman–Crippen LogP) is -1.76. The highest BCUT2D eigenvalue weighted by Crippen LogP contribution is 2.01. The second-order valence-electron chi connectivity index (χ2n) is 3.24. The standard InChI is InChI=1S/C9H19NO5/c1-2-15-8(14)3-4-10-9(5-11,6-12)7-13/h10-13H,2-7H2,1H3. The molecule has 6 nitrogen and oxygen atoms in total. The molecule has 0 bridgehead atoms. The molecule has 4 N–H and O–H groups in total. The molecule has 0 aromatic heterocycles. The molecule has 0 unspecified atom stereocenters. The number of aliphatic hydroxyl groups is 3. The van der Waals surface area contributed by atoms with E-state index < -0.39 is 25.4 Å². The number of hydrogen-bond acceptors (Lipinski definition) is 6. The summed E-state index contributed by atoms with van der Waals surface area (Å²) in [7, 11) is 0. The zero-order valence-corrected chi connectivity index (χ0v) is 8.90. The fourth-order valence-corrected chi connectivity index (χ4v) is 0.981. The Hall–Kier alpha value is -0.690. The molecular formula is C9H19NO5. The molecule has 0 aliphatic heterocycles. The number of carbonyl (C=O) groups excluding carboxylic acids is 1. The summed E-state index contributed by atoms with van der Waals surface area (Å²) in [5.41, 5.74) is -1.13. The normalized spacial score (nSPS) is 11.5. The first-order valence-corrected chi connectivity index (χ1v) is 4.87. The van der Waals surface area contributed by atoms with E-state index in [9.17, 15) is 4.79 Å². The summed E-state index contributed by atoms with van der Waals surface area (Å²) in [6, 6.07) is 0.